The molecule has 1 unspecified atom stereocenters. The van der Waals surface area contributed by atoms with Gasteiger partial charge in [0.05, 0.1) is 16.1 Å². The number of para-hydroxylation sites is 1. The fourth-order valence-corrected chi connectivity index (χ4v) is 3.11. The molecule has 4 heteroatoms. The third-order valence-corrected chi connectivity index (χ3v) is 3.90. The van der Waals surface area contributed by atoms with Gasteiger partial charge in [-0.2, -0.15) is 0 Å². The number of aromatic amines is 1. The number of hydrogen-bond acceptors (Lipinski definition) is 1. The smallest absolute Gasteiger partial charge is 0.178 e. The molecule has 17 heavy (non-hydrogen) atoms. The Balaban J connectivity index is 2.24. The monoisotopic (exact) mass is 264 g/mol. The molecule has 1 N–H and O–H groups in total. The highest BCUT2D eigenvalue weighted by atomic mass is 35.5. The maximum Gasteiger partial charge on any atom is 0.178 e. The van der Waals surface area contributed by atoms with Crippen molar-refractivity contribution in [3.05, 3.63) is 40.1 Å². The van der Waals surface area contributed by atoms with Crippen molar-refractivity contribution >= 4 is 34.9 Å². The minimum absolute atomic E-state index is 0.432. The third-order valence-electron chi connectivity index (χ3n) is 3.29. The first-order chi connectivity index (χ1) is 8.27. The van der Waals surface area contributed by atoms with Crippen LogP contribution in [-0.4, -0.2) is 9.55 Å². The van der Waals surface area contributed by atoms with Crippen molar-refractivity contribution in [1.82, 2.24) is 9.55 Å². The first-order valence-electron chi connectivity index (χ1n) is 5.81. The molecule has 0 bridgehead atoms. The number of benzene rings is 1. The molecule has 1 aliphatic carbocycles. The van der Waals surface area contributed by atoms with Crippen LogP contribution in [0.2, 0.25) is 5.02 Å². The molecule has 2 aromatic rings. The highest BCUT2D eigenvalue weighted by molar-refractivity contribution is 7.71. The van der Waals surface area contributed by atoms with Crippen LogP contribution in [0.25, 0.3) is 11.0 Å². The summed E-state index contributed by atoms with van der Waals surface area (Å²) < 4.78 is 2.95. The van der Waals surface area contributed by atoms with Crippen LogP contribution >= 0.6 is 23.8 Å². The van der Waals surface area contributed by atoms with Gasteiger partial charge in [0.25, 0.3) is 0 Å². The lowest BCUT2D eigenvalue weighted by molar-refractivity contribution is 0.467. The summed E-state index contributed by atoms with van der Waals surface area (Å²) in [6.07, 6.45) is 7.74. The molecule has 1 aromatic heterocycles. The largest absolute Gasteiger partial charge is 0.331 e. The number of nitrogens with zero attached hydrogens (tertiary/aromatic N) is 1. The summed E-state index contributed by atoms with van der Waals surface area (Å²) >= 11 is 11.7. The minimum atomic E-state index is 0.432. The summed E-state index contributed by atoms with van der Waals surface area (Å²) in [5, 5.41) is 0.768. The van der Waals surface area contributed by atoms with E-state index >= 15 is 0 Å². The van der Waals surface area contributed by atoms with Crippen LogP contribution < -0.4 is 0 Å². The van der Waals surface area contributed by atoms with E-state index in [1.807, 2.05) is 18.2 Å². The van der Waals surface area contributed by atoms with Gasteiger partial charge >= 0.3 is 0 Å². The molecular formula is C13H13ClN2S. The lowest BCUT2D eigenvalue weighted by Gasteiger charge is -2.20. The van der Waals surface area contributed by atoms with Crippen molar-refractivity contribution in [2.75, 3.05) is 0 Å². The Hall–Kier alpha value is -1.06. The van der Waals surface area contributed by atoms with E-state index in [0.717, 1.165) is 40.1 Å². The van der Waals surface area contributed by atoms with Gasteiger partial charge in [-0.15, -0.1) is 0 Å². The number of imidazole rings is 1. The predicted molar refractivity (Wildman–Crippen MR) is 74.2 cm³/mol. The molecule has 1 heterocycles. The van der Waals surface area contributed by atoms with Crippen LogP contribution in [-0.2, 0) is 0 Å². The summed E-state index contributed by atoms with van der Waals surface area (Å²) in [6.45, 7) is 0. The predicted octanol–water partition coefficient (Wildman–Crippen LogP) is 4.63. The number of nitrogens with one attached hydrogen (secondary N) is 1. The topological polar surface area (TPSA) is 20.7 Å². The lowest BCUT2D eigenvalue weighted by Crippen LogP contribution is -2.10. The summed E-state index contributed by atoms with van der Waals surface area (Å²) in [6, 6.07) is 6.32. The Morgan fingerprint density at radius 1 is 1.35 bits per heavy atom. The summed E-state index contributed by atoms with van der Waals surface area (Å²) in [5.74, 6) is 0. The van der Waals surface area contributed by atoms with E-state index in [4.69, 9.17) is 23.8 Å². The number of allylic oxidation sites excluding steroid dienone is 2. The molecular weight excluding hydrogens is 252 g/mol. The SMILES string of the molecule is S=c1[nH]c2cccc(Cl)c2n1C1CC=CCC1. The average molecular weight is 265 g/mol. The second kappa shape index (κ2) is 4.31. The van der Waals surface area contributed by atoms with Crippen LogP contribution in [0.1, 0.15) is 25.3 Å². The maximum atomic E-state index is 6.29. The molecule has 0 saturated carbocycles. The summed E-state index contributed by atoms with van der Waals surface area (Å²) in [4.78, 5) is 3.23. The van der Waals surface area contributed by atoms with Crippen molar-refractivity contribution in [2.45, 2.75) is 25.3 Å². The number of fused-ring (bicyclic) bond motifs is 1. The molecule has 0 radical (unpaired) electrons. The highest BCUT2D eigenvalue weighted by Crippen LogP contribution is 2.31. The quantitative estimate of drug-likeness (QED) is 0.588. The van der Waals surface area contributed by atoms with Crippen molar-refractivity contribution in [1.29, 1.82) is 0 Å². The second-order valence-electron chi connectivity index (χ2n) is 4.37. The highest BCUT2D eigenvalue weighted by Gasteiger charge is 2.17. The third kappa shape index (κ3) is 1.83. The van der Waals surface area contributed by atoms with E-state index in [-0.39, 0.29) is 0 Å². The van der Waals surface area contributed by atoms with Crippen LogP contribution in [0.3, 0.4) is 0 Å². The van der Waals surface area contributed by atoms with Gasteiger partial charge in [-0.05, 0) is 43.6 Å². The number of halogens is 1. The molecule has 88 valence electrons. The van der Waals surface area contributed by atoms with E-state index in [2.05, 4.69) is 21.7 Å². The Morgan fingerprint density at radius 3 is 3.00 bits per heavy atom. The fraction of sp³-hybridized carbons (Fsp3) is 0.308. The normalized spacial score (nSPS) is 19.9. The van der Waals surface area contributed by atoms with Gasteiger partial charge in [-0.3, -0.25) is 0 Å². The molecule has 1 atom stereocenters. The zero-order valence-electron chi connectivity index (χ0n) is 9.32. The maximum absolute atomic E-state index is 6.29. The second-order valence-corrected chi connectivity index (χ2v) is 5.17. The molecule has 0 fully saturated rings. The first kappa shape index (κ1) is 11.1. The van der Waals surface area contributed by atoms with Crippen molar-refractivity contribution in [3.63, 3.8) is 0 Å². The minimum Gasteiger partial charge on any atom is -0.331 e. The van der Waals surface area contributed by atoms with Gasteiger partial charge in [0.15, 0.2) is 4.77 Å². The Bertz CT molecular complexity index is 638. The first-order valence-corrected chi connectivity index (χ1v) is 6.60. The Morgan fingerprint density at radius 2 is 2.24 bits per heavy atom. The van der Waals surface area contributed by atoms with Gasteiger partial charge in [0.1, 0.15) is 0 Å². The molecule has 1 aliphatic rings. The van der Waals surface area contributed by atoms with E-state index in [1.165, 1.54) is 0 Å². The number of rotatable bonds is 1. The number of H-pyrrole nitrogens is 1. The Kier molecular flexibility index (Phi) is 2.81. The van der Waals surface area contributed by atoms with Crippen LogP contribution in [0.15, 0.2) is 30.4 Å². The van der Waals surface area contributed by atoms with Gasteiger partial charge < -0.3 is 9.55 Å². The van der Waals surface area contributed by atoms with E-state index < -0.39 is 0 Å². The zero-order chi connectivity index (χ0) is 11.8. The molecule has 3 rings (SSSR count). The van der Waals surface area contributed by atoms with Crippen molar-refractivity contribution < 1.29 is 0 Å². The molecule has 0 saturated heterocycles. The van der Waals surface area contributed by atoms with Crippen LogP contribution in [0, 0.1) is 4.77 Å². The molecule has 2 nitrogen and oxygen atoms in total. The van der Waals surface area contributed by atoms with Crippen LogP contribution in [0.5, 0.6) is 0 Å². The van der Waals surface area contributed by atoms with Crippen molar-refractivity contribution in [2.24, 2.45) is 0 Å². The summed E-state index contributed by atoms with van der Waals surface area (Å²) in [5.41, 5.74) is 2.07. The zero-order valence-corrected chi connectivity index (χ0v) is 10.9. The van der Waals surface area contributed by atoms with Gasteiger partial charge in [-0.1, -0.05) is 29.8 Å². The molecule has 0 spiro atoms. The summed E-state index contributed by atoms with van der Waals surface area (Å²) in [7, 11) is 0. The number of aromatic nitrogens is 2. The van der Waals surface area contributed by atoms with Crippen molar-refractivity contribution in [3.8, 4) is 0 Å². The van der Waals surface area contributed by atoms with Gasteiger partial charge in [0, 0.05) is 6.04 Å². The molecule has 0 amide bonds. The average Bonchev–Trinajstić information content (AvgIpc) is 2.68. The van der Waals surface area contributed by atoms with E-state index in [1.54, 1.807) is 0 Å². The van der Waals surface area contributed by atoms with Crippen LogP contribution in [0.4, 0.5) is 0 Å². The Labute approximate surface area is 110 Å². The lowest BCUT2D eigenvalue weighted by atomic mass is 10.0. The molecule has 1 aromatic carbocycles. The van der Waals surface area contributed by atoms with E-state index in [9.17, 15) is 0 Å². The van der Waals surface area contributed by atoms with E-state index in [0.29, 0.717) is 6.04 Å². The van der Waals surface area contributed by atoms with Gasteiger partial charge in [-0.25, -0.2) is 0 Å². The standard InChI is InChI=1S/C13H13ClN2S/c14-10-7-4-8-11-12(10)16(13(17)15-11)9-5-2-1-3-6-9/h1-2,4,7-9H,3,5-6H2,(H,15,17). The fourth-order valence-electron chi connectivity index (χ4n) is 2.50. The van der Waals surface area contributed by atoms with Gasteiger partial charge in [0.2, 0.25) is 0 Å². The number of hydrogen-bond donors (Lipinski definition) is 1. The molecule has 0 aliphatic heterocycles.